The van der Waals surface area contributed by atoms with Crippen LogP contribution in [0.3, 0.4) is 0 Å². The van der Waals surface area contributed by atoms with Crippen LogP contribution in [0.1, 0.15) is 17.8 Å². The molecule has 3 aromatic heterocycles. The predicted molar refractivity (Wildman–Crippen MR) is 115 cm³/mol. The minimum atomic E-state index is -0.0663. The zero-order valence-electron chi connectivity index (χ0n) is 16.4. The predicted octanol–water partition coefficient (Wildman–Crippen LogP) is 4.11. The van der Waals surface area contributed by atoms with Gasteiger partial charge in [-0.3, -0.25) is 4.79 Å². The number of carbonyl (C=O) groups is 1. The molecule has 1 aliphatic rings. The first-order chi connectivity index (χ1) is 14.7. The number of hydrogen-bond acceptors (Lipinski definition) is 6. The summed E-state index contributed by atoms with van der Waals surface area (Å²) >= 11 is 1.41. The van der Waals surface area contributed by atoms with Gasteiger partial charge in [0.25, 0.3) is 0 Å². The summed E-state index contributed by atoms with van der Waals surface area (Å²) in [6.07, 6.45) is 2.95. The van der Waals surface area contributed by atoms with Gasteiger partial charge in [-0.1, -0.05) is 6.07 Å². The molecule has 152 valence electrons. The highest BCUT2D eigenvalue weighted by Crippen LogP contribution is 2.35. The third-order valence-corrected chi connectivity index (χ3v) is 5.76. The highest BCUT2D eigenvalue weighted by atomic mass is 32.1. The maximum absolute atomic E-state index is 12.5. The molecule has 1 aromatic carbocycles. The van der Waals surface area contributed by atoms with Gasteiger partial charge in [0.15, 0.2) is 16.6 Å². The third-order valence-electron chi connectivity index (χ3n) is 5.01. The van der Waals surface area contributed by atoms with Crippen molar-refractivity contribution in [3.63, 3.8) is 0 Å². The molecule has 1 N–H and O–H groups in total. The standard InChI is InChI=1S/C22H20N4O3S/c1-14-17(26-9-3-2-4-20(26)23-14)6-8-21(27)25-22-24-16(13-30-22)15-5-7-18-19(12-15)29-11-10-28-18/h2-5,7,9,12-13H,6,8,10-11H2,1H3,(H,24,25,27). The quantitative estimate of drug-likeness (QED) is 0.526. The van der Waals surface area contributed by atoms with Crippen LogP contribution in [0.5, 0.6) is 11.5 Å². The van der Waals surface area contributed by atoms with Crippen LogP contribution in [-0.4, -0.2) is 33.5 Å². The van der Waals surface area contributed by atoms with Crippen molar-refractivity contribution in [3.8, 4) is 22.8 Å². The average Bonchev–Trinajstić information content (AvgIpc) is 3.35. The summed E-state index contributed by atoms with van der Waals surface area (Å²) in [6.45, 7) is 3.08. The number of fused-ring (bicyclic) bond motifs is 2. The number of amides is 1. The molecule has 0 saturated carbocycles. The van der Waals surface area contributed by atoms with Crippen LogP contribution >= 0.6 is 11.3 Å². The fraction of sp³-hybridized carbons (Fsp3) is 0.227. The molecule has 0 fully saturated rings. The first-order valence-electron chi connectivity index (χ1n) is 9.75. The number of aryl methyl sites for hydroxylation is 2. The summed E-state index contributed by atoms with van der Waals surface area (Å²) in [4.78, 5) is 21.6. The van der Waals surface area contributed by atoms with E-state index in [-0.39, 0.29) is 5.91 Å². The summed E-state index contributed by atoms with van der Waals surface area (Å²) in [5.74, 6) is 1.40. The number of rotatable bonds is 5. The van der Waals surface area contributed by atoms with E-state index in [4.69, 9.17) is 9.47 Å². The van der Waals surface area contributed by atoms with Gasteiger partial charge in [0, 0.05) is 29.3 Å². The SMILES string of the molecule is Cc1nc2ccccn2c1CCC(=O)Nc1nc(-c2ccc3c(c2)OCCO3)cs1. The lowest BCUT2D eigenvalue weighted by Crippen LogP contribution is -2.15. The first-order valence-corrected chi connectivity index (χ1v) is 10.6. The number of imidazole rings is 1. The van der Waals surface area contributed by atoms with Crippen molar-refractivity contribution in [2.24, 2.45) is 0 Å². The molecule has 0 bridgehead atoms. The number of carbonyl (C=O) groups excluding carboxylic acids is 1. The summed E-state index contributed by atoms with van der Waals surface area (Å²) in [5.41, 5.74) is 4.62. The molecule has 30 heavy (non-hydrogen) atoms. The molecule has 0 aliphatic carbocycles. The third kappa shape index (κ3) is 3.61. The number of benzene rings is 1. The van der Waals surface area contributed by atoms with Crippen molar-refractivity contribution in [1.82, 2.24) is 14.4 Å². The number of anilines is 1. The summed E-state index contributed by atoms with van der Waals surface area (Å²) < 4.78 is 13.2. The topological polar surface area (TPSA) is 77.8 Å². The summed E-state index contributed by atoms with van der Waals surface area (Å²) in [7, 11) is 0. The molecule has 1 aliphatic heterocycles. The zero-order chi connectivity index (χ0) is 20.5. The molecule has 5 rings (SSSR count). The van der Waals surface area contributed by atoms with E-state index in [1.807, 2.05) is 59.3 Å². The second-order valence-electron chi connectivity index (χ2n) is 7.02. The molecular weight excluding hydrogens is 400 g/mol. The van der Waals surface area contributed by atoms with Gasteiger partial charge in [-0.15, -0.1) is 11.3 Å². The van der Waals surface area contributed by atoms with E-state index in [9.17, 15) is 4.79 Å². The Labute approximate surface area is 177 Å². The molecule has 8 heteroatoms. The number of nitrogens with zero attached hydrogens (tertiary/aromatic N) is 3. The van der Waals surface area contributed by atoms with Crippen molar-refractivity contribution in [3.05, 3.63) is 59.4 Å². The van der Waals surface area contributed by atoms with Crippen molar-refractivity contribution in [2.75, 3.05) is 18.5 Å². The Morgan fingerprint density at radius 2 is 2.03 bits per heavy atom. The van der Waals surface area contributed by atoms with E-state index in [0.717, 1.165) is 39.8 Å². The fourth-order valence-electron chi connectivity index (χ4n) is 3.55. The van der Waals surface area contributed by atoms with Gasteiger partial charge >= 0.3 is 0 Å². The minimum absolute atomic E-state index is 0.0663. The lowest BCUT2D eigenvalue weighted by molar-refractivity contribution is -0.116. The van der Waals surface area contributed by atoms with Crippen molar-refractivity contribution >= 4 is 28.0 Å². The Bertz CT molecular complexity index is 1230. The largest absolute Gasteiger partial charge is 0.486 e. The Morgan fingerprint density at radius 3 is 2.93 bits per heavy atom. The van der Waals surface area contributed by atoms with Crippen molar-refractivity contribution < 1.29 is 14.3 Å². The van der Waals surface area contributed by atoms with E-state index in [1.54, 1.807) is 0 Å². The average molecular weight is 420 g/mol. The van der Waals surface area contributed by atoms with E-state index in [1.165, 1.54) is 11.3 Å². The molecule has 0 atom stereocenters. The molecule has 7 nitrogen and oxygen atoms in total. The fourth-order valence-corrected chi connectivity index (χ4v) is 4.28. The lowest BCUT2D eigenvalue weighted by atomic mass is 10.1. The highest BCUT2D eigenvalue weighted by molar-refractivity contribution is 7.14. The normalized spacial score (nSPS) is 12.8. The van der Waals surface area contributed by atoms with Crippen LogP contribution in [0.2, 0.25) is 0 Å². The maximum Gasteiger partial charge on any atom is 0.226 e. The van der Waals surface area contributed by atoms with E-state index in [0.29, 0.717) is 31.2 Å². The number of pyridine rings is 1. The number of hydrogen-bond donors (Lipinski definition) is 1. The molecule has 0 saturated heterocycles. The Balaban J connectivity index is 1.25. The van der Waals surface area contributed by atoms with Gasteiger partial charge in [-0.25, -0.2) is 9.97 Å². The van der Waals surface area contributed by atoms with Crippen molar-refractivity contribution in [1.29, 1.82) is 0 Å². The molecule has 4 heterocycles. The Morgan fingerprint density at radius 1 is 1.17 bits per heavy atom. The maximum atomic E-state index is 12.5. The van der Waals surface area contributed by atoms with Crippen LogP contribution in [0.25, 0.3) is 16.9 Å². The van der Waals surface area contributed by atoms with Gasteiger partial charge < -0.3 is 19.2 Å². The van der Waals surface area contributed by atoms with Gasteiger partial charge in [0.1, 0.15) is 18.9 Å². The van der Waals surface area contributed by atoms with Crippen LogP contribution in [0.15, 0.2) is 48.0 Å². The van der Waals surface area contributed by atoms with Gasteiger partial charge in [-0.2, -0.15) is 0 Å². The minimum Gasteiger partial charge on any atom is -0.486 e. The van der Waals surface area contributed by atoms with E-state index >= 15 is 0 Å². The Kier molecular flexibility index (Phi) is 4.84. The monoisotopic (exact) mass is 420 g/mol. The van der Waals surface area contributed by atoms with Crippen LogP contribution in [0.4, 0.5) is 5.13 Å². The second-order valence-corrected chi connectivity index (χ2v) is 7.88. The second kappa shape index (κ2) is 7.79. The van der Waals surface area contributed by atoms with Crippen molar-refractivity contribution in [2.45, 2.75) is 19.8 Å². The Hall–Kier alpha value is -3.39. The molecule has 1 amide bonds. The lowest BCUT2D eigenvalue weighted by Gasteiger charge is -2.18. The number of ether oxygens (including phenoxy) is 2. The molecule has 0 unspecified atom stereocenters. The highest BCUT2D eigenvalue weighted by Gasteiger charge is 2.15. The number of nitrogens with one attached hydrogen (secondary N) is 1. The molecule has 0 spiro atoms. The zero-order valence-corrected chi connectivity index (χ0v) is 17.2. The van der Waals surface area contributed by atoms with Crippen LogP contribution < -0.4 is 14.8 Å². The van der Waals surface area contributed by atoms with E-state index < -0.39 is 0 Å². The molecule has 0 radical (unpaired) electrons. The van der Waals surface area contributed by atoms with Crippen LogP contribution in [-0.2, 0) is 11.2 Å². The van der Waals surface area contributed by atoms with Crippen LogP contribution in [0, 0.1) is 6.92 Å². The summed E-state index contributed by atoms with van der Waals surface area (Å²) in [6, 6.07) is 11.6. The van der Waals surface area contributed by atoms with Gasteiger partial charge in [0.05, 0.1) is 11.4 Å². The molecular formula is C22H20N4O3S. The smallest absolute Gasteiger partial charge is 0.226 e. The number of aromatic nitrogens is 3. The first kappa shape index (κ1) is 18.6. The van der Waals surface area contributed by atoms with Gasteiger partial charge in [-0.05, 0) is 43.7 Å². The summed E-state index contributed by atoms with van der Waals surface area (Å²) in [5, 5.41) is 5.42. The van der Waals surface area contributed by atoms with E-state index in [2.05, 4.69) is 15.3 Å². The molecule has 4 aromatic rings. The number of thiazole rings is 1. The van der Waals surface area contributed by atoms with Gasteiger partial charge in [0.2, 0.25) is 5.91 Å².